The minimum absolute atomic E-state index is 0.0825. The number of ether oxygens (including phenoxy) is 1. The fraction of sp³-hybridized carbons (Fsp3) is 0.526. The Hall–Kier alpha value is -2.25. The van der Waals surface area contributed by atoms with Crippen LogP contribution in [0.4, 0.5) is 5.82 Å². The first-order valence-corrected chi connectivity index (χ1v) is 9.09. The third-order valence-corrected chi connectivity index (χ3v) is 4.77. The molecule has 0 unspecified atom stereocenters. The number of piperazine rings is 1. The topological polar surface area (TPSA) is 70.6 Å². The van der Waals surface area contributed by atoms with Gasteiger partial charge < -0.3 is 15.0 Å². The van der Waals surface area contributed by atoms with Gasteiger partial charge in [0.2, 0.25) is 0 Å². The molecule has 1 fully saturated rings. The number of nitrogens with zero attached hydrogens (tertiary/aromatic N) is 4. The number of esters is 1. The van der Waals surface area contributed by atoms with Gasteiger partial charge in [0.1, 0.15) is 18.2 Å². The number of methoxy groups -OCH3 is 1. The van der Waals surface area contributed by atoms with Crippen LogP contribution in [0.1, 0.15) is 13.8 Å². The molecule has 1 aliphatic heterocycles. The summed E-state index contributed by atoms with van der Waals surface area (Å²) < 4.78 is 5.12. The third kappa shape index (κ3) is 3.94. The summed E-state index contributed by atoms with van der Waals surface area (Å²) in [6.45, 7) is 8.47. The van der Waals surface area contributed by atoms with E-state index in [1.807, 2.05) is 38.1 Å². The van der Waals surface area contributed by atoms with Crippen LogP contribution in [0.25, 0.3) is 10.9 Å². The number of hydrogen-bond acceptors (Lipinski definition) is 7. The van der Waals surface area contributed by atoms with Gasteiger partial charge in [0.15, 0.2) is 0 Å². The highest BCUT2D eigenvalue weighted by molar-refractivity contribution is 5.91. The Morgan fingerprint density at radius 2 is 2.00 bits per heavy atom. The zero-order valence-corrected chi connectivity index (χ0v) is 15.7. The predicted octanol–water partition coefficient (Wildman–Crippen LogP) is 1.50. The largest absolute Gasteiger partial charge is 0.467 e. The number of carbonyl (C=O) groups is 1. The highest BCUT2D eigenvalue weighted by Crippen LogP contribution is 2.27. The van der Waals surface area contributed by atoms with Crippen molar-refractivity contribution in [3.8, 4) is 0 Å². The molecule has 0 aliphatic carbocycles. The number of anilines is 1. The molecule has 0 saturated carbocycles. The summed E-state index contributed by atoms with van der Waals surface area (Å²) in [4.78, 5) is 25.9. The first-order chi connectivity index (χ1) is 12.6. The number of hydrogen-bond donors (Lipinski definition) is 1. The molecule has 1 atom stereocenters. The molecule has 2 aromatic rings. The van der Waals surface area contributed by atoms with Crippen molar-refractivity contribution in [3.63, 3.8) is 0 Å². The van der Waals surface area contributed by atoms with Crippen LogP contribution < -0.4 is 10.2 Å². The maximum atomic E-state index is 12.6. The van der Waals surface area contributed by atoms with Crippen LogP contribution in [0.5, 0.6) is 0 Å². The van der Waals surface area contributed by atoms with Crippen LogP contribution in [0.15, 0.2) is 30.6 Å². The molecule has 0 bridgehead atoms. The Balaban J connectivity index is 2.04. The first kappa shape index (κ1) is 18.5. The van der Waals surface area contributed by atoms with E-state index in [-0.39, 0.29) is 11.9 Å². The second kappa shape index (κ2) is 8.42. The van der Waals surface area contributed by atoms with Gasteiger partial charge in [-0.05, 0) is 18.1 Å². The number of aromatic nitrogens is 2. The molecule has 7 nitrogen and oxygen atoms in total. The lowest BCUT2D eigenvalue weighted by Crippen LogP contribution is -2.54. The van der Waals surface area contributed by atoms with E-state index in [1.54, 1.807) is 6.33 Å². The maximum absolute atomic E-state index is 12.6. The summed E-state index contributed by atoms with van der Waals surface area (Å²) >= 11 is 0. The second-order valence-electron chi connectivity index (χ2n) is 6.91. The molecule has 3 rings (SSSR count). The maximum Gasteiger partial charge on any atom is 0.328 e. The normalized spacial score (nSPS) is 16.6. The Bertz CT molecular complexity index is 740. The molecular weight excluding hydrogens is 330 g/mol. The molecule has 1 N–H and O–H groups in total. The highest BCUT2D eigenvalue weighted by atomic mass is 16.5. The zero-order valence-electron chi connectivity index (χ0n) is 15.7. The van der Waals surface area contributed by atoms with Gasteiger partial charge in [-0.15, -0.1) is 0 Å². The van der Waals surface area contributed by atoms with Crippen molar-refractivity contribution in [1.29, 1.82) is 0 Å². The second-order valence-corrected chi connectivity index (χ2v) is 6.91. The van der Waals surface area contributed by atoms with Crippen LogP contribution in [-0.4, -0.2) is 66.8 Å². The molecule has 140 valence electrons. The van der Waals surface area contributed by atoms with Crippen molar-refractivity contribution >= 4 is 22.7 Å². The Labute approximate surface area is 154 Å². The molecule has 1 aromatic heterocycles. The van der Waals surface area contributed by atoms with Crippen molar-refractivity contribution in [2.75, 3.05) is 44.9 Å². The lowest BCUT2D eigenvalue weighted by Gasteiger charge is -2.39. The Morgan fingerprint density at radius 3 is 2.69 bits per heavy atom. The van der Waals surface area contributed by atoms with Crippen molar-refractivity contribution in [3.05, 3.63) is 30.6 Å². The molecule has 0 spiro atoms. The van der Waals surface area contributed by atoms with Crippen LogP contribution >= 0.6 is 0 Å². The summed E-state index contributed by atoms with van der Waals surface area (Å²) in [5, 5.41) is 4.31. The molecular formula is C19H27N5O2. The summed E-state index contributed by atoms with van der Waals surface area (Å²) in [5.74, 6) is 0.621. The van der Waals surface area contributed by atoms with Gasteiger partial charge in [0, 0.05) is 31.6 Å². The number of fused-ring (bicyclic) bond motifs is 1. The average molecular weight is 357 g/mol. The van der Waals surface area contributed by atoms with Crippen LogP contribution in [0.3, 0.4) is 0 Å². The van der Waals surface area contributed by atoms with Gasteiger partial charge in [0.05, 0.1) is 19.3 Å². The Morgan fingerprint density at radius 1 is 1.27 bits per heavy atom. The van der Waals surface area contributed by atoms with Crippen LogP contribution in [-0.2, 0) is 9.53 Å². The van der Waals surface area contributed by atoms with Crippen LogP contribution in [0, 0.1) is 5.92 Å². The smallest absolute Gasteiger partial charge is 0.328 e. The fourth-order valence-electron chi connectivity index (χ4n) is 3.45. The minimum Gasteiger partial charge on any atom is -0.467 e. The summed E-state index contributed by atoms with van der Waals surface area (Å²) in [6, 6.07) is 7.49. The van der Waals surface area contributed by atoms with Crippen LogP contribution in [0.2, 0.25) is 0 Å². The van der Waals surface area contributed by atoms with E-state index in [4.69, 9.17) is 4.74 Å². The van der Waals surface area contributed by atoms with E-state index in [2.05, 4.69) is 25.1 Å². The molecule has 1 aromatic carbocycles. The quantitative estimate of drug-likeness (QED) is 0.786. The van der Waals surface area contributed by atoms with Gasteiger partial charge in [-0.3, -0.25) is 4.90 Å². The molecule has 2 heterocycles. The fourth-order valence-corrected chi connectivity index (χ4v) is 3.45. The minimum atomic E-state index is -0.409. The molecule has 0 amide bonds. The van der Waals surface area contributed by atoms with Crippen molar-refractivity contribution in [2.45, 2.75) is 19.9 Å². The van der Waals surface area contributed by atoms with Crippen molar-refractivity contribution in [2.24, 2.45) is 5.92 Å². The molecule has 7 heteroatoms. The van der Waals surface area contributed by atoms with Gasteiger partial charge in [-0.2, -0.15) is 0 Å². The lowest BCUT2D eigenvalue weighted by atomic mass is 10.0. The summed E-state index contributed by atoms with van der Waals surface area (Å²) in [7, 11) is 1.44. The number of benzene rings is 1. The Kier molecular flexibility index (Phi) is 6.00. The number of carbonyl (C=O) groups excluding carboxylic acids is 1. The van der Waals surface area contributed by atoms with Crippen molar-refractivity contribution < 1.29 is 9.53 Å². The van der Waals surface area contributed by atoms with Crippen molar-refractivity contribution in [1.82, 2.24) is 20.2 Å². The number of rotatable bonds is 6. The standard InChI is InChI=1S/C19H27N5O2/c1-14(2)17(19(25)26-3)24(13-23-10-8-20-9-11-23)18-15-6-4-5-7-16(15)21-12-22-18/h4-7,12,14,17,20H,8-11,13H2,1-3H3/t17-/m0/s1. The van der Waals surface area contributed by atoms with E-state index in [0.29, 0.717) is 6.67 Å². The molecule has 1 saturated heterocycles. The SMILES string of the molecule is COC(=O)[C@H](C(C)C)N(CN1CCNCC1)c1ncnc2ccccc12. The van der Waals surface area contributed by atoms with Gasteiger partial charge in [0.25, 0.3) is 0 Å². The van der Waals surface area contributed by atoms with E-state index >= 15 is 0 Å². The third-order valence-electron chi connectivity index (χ3n) is 4.77. The van der Waals surface area contributed by atoms with E-state index < -0.39 is 6.04 Å². The highest BCUT2D eigenvalue weighted by Gasteiger charge is 2.33. The number of nitrogens with one attached hydrogen (secondary N) is 1. The van der Waals surface area contributed by atoms with E-state index in [1.165, 1.54) is 7.11 Å². The van der Waals surface area contributed by atoms with E-state index in [0.717, 1.165) is 42.9 Å². The molecule has 1 aliphatic rings. The molecule has 26 heavy (non-hydrogen) atoms. The number of para-hydroxylation sites is 1. The lowest BCUT2D eigenvalue weighted by molar-refractivity contribution is -0.143. The summed E-state index contributed by atoms with van der Waals surface area (Å²) in [6.07, 6.45) is 1.57. The summed E-state index contributed by atoms with van der Waals surface area (Å²) in [5.41, 5.74) is 0.871. The first-order valence-electron chi connectivity index (χ1n) is 9.09. The van der Waals surface area contributed by atoms with E-state index in [9.17, 15) is 4.79 Å². The predicted molar refractivity (Wildman–Crippen MR) is 102 cm³/mol. The molecule has 0 radical (unpaired) electrons. The monoisotopic (exact) mass is 357 g/mol. The zero-order chi connectivity index (χ0) is 18.5. The van der Waals surface area contributed by atoms with Gasteiger partial charge in [-0.25, -0.2) is 14.8 Å². The van der Waals surface area contributed by atoms with Gasteiger partial charge in [-0.1, -0.05) is 26.0 Å². The average Bonchev–Trinajstić information content (AvgIpc) is 2.67. The van der Waals surface area contributed by atoms with Gasteiger partial charge >= 0.3 is 5.97 Å².